The lowest BCUT2D eigenvalue weighted by molar-refractivity contribution is 0.511. The smallest absolute Gasteiger partial charge is 0.267 e. The molecule has 0 aliphatic heterocycles. The second kappa shape index (κ2) is 4.28. The molecule has 0 radical (unpaired) electrons. The van der Waals surface area contributed by atoms with Gasteiger partial charge in [-0.05, 0) is 31.2 Å². The maximum Gasteiger partial charge on any atom is 0.273 e. The maximum atomic E-state index is 13.2. The Kier molecular flexibility index (Phi) is 2.71. The first kappa shape index (κ1) is 12.0. The lowest BCUT2D eigenvalue weighted by Crippen LogP contribution is -2.10. The summed E-state index contributed by atoms with van der Waals surface area (Å²) in [6, 6.07) is 9.38. The van der Waals surface area contributed by atoms with Gasteiger partial charge < -0.3 is 0 Å². The van der Waals surface area contributed by atoms with Crippen molar-refractivity contribution >= 4 is 21.6 Å². The number of nitrogens with zero attached hydrogens (tertiary/aromatic N) is 1. The normalized spacial score (nSPS) is 11.1. The number of benzene rings is 2. The van der Waals surface area contributed by atoms with Crippen LogP contribution in [-0.2, 0) is 0 Å². The van der Waals surface area contributed by atoms with E-state index in [0.29, 0.717) is 10.4 Å². The minimum atomic E-state index is -1.00. The molecule has 5 heteroatoms. The highest BCUT2D eigenvalue weighted by atomic mass is 32.1. The molecular weight excluding hydrogens is 268 g/mol. The van der Waals surface area contributed by atoms with E-state index in [9.17, 15) is 13.6 Å². The fraction of sp³-hybridized carbons (Fsp3) is 0.0714. The van der Waals surface area contributed by atoms with Crippen LogP contribution in [0.5, 0.6) is 0 Å². The molecule has 2 nitrogen and oxygen atoms in total. The van der Waals surface area contributed by atoms with Crippen LogP contribution in [-0.4, -0.2) is 3.96 Å². The maximum absolute atomic E-state index is 13.2. The molecular formula is C14H9F2NOS. The lowest BCUT2D eigenvalue weighted by Gasteiger charge is -1.99. The Hall–Kier alpha value is -2.01. The summed E-state index contributed by atoms with van der Waals surface area (Å²) >= 11 is 1.10. The summed E-state index contributed by atoms with van der Waals surface area (Å²) in [6.45, 7) is 1.95. The largest absolute Gasteiger partial charge is 0.273 e. The van der Waals surface area contributed by atoms with E-state index in [2.05, 4.69) is 0 Å². The second-order valence-corrected chi connectivity index (χ2v) is 5.28. The molecule has 0 aliphatic rings. The van der Waals surface area contributed by atoms with E-state index in [1.54, 1.807) is 12.1 Å². The van der Waals surface area contributed by atoms with Crippen LogP contribution in [0, 0.1) is 18.6 Å². The molecule has 0 saturated heterocycles. The summed E-state index contributed by atoms with van der Waals surface area (Å²) in [7, 11) is 0. The molecule has 0 fully saturated rings. The van der Waals surface area contributed by atoms with Crippen LogP contribution in [0.2, 0.25) is 0 Å². The van der Waals surface area contributed by atoms with Crippen LogP contribution in [0.25, 0.3) is 15.8 Å². The second-order valence-electron chi connectivity index (χ2n) is 4.29. The first-order chi connectivity index (χ1) is 9.06. The molecule has 0 spiro atoms. The van der Waals surface area contributed by atoms with Crippen molar-refractivity contribution in [3.05, 3.63) is 63.9 Å². The summed E-state index contributed by atoms with van der Waals surface area (Å²) in [4.78, 5) is 12.2. The van der Waals surface area contributed by atoms with Crippen molar-refractivity contribution in [1.29, 1.82) is 0 Å². The third-order valence-corrected chi connectivity index (χ3v) is 3.99. The van der Waals surface area contributed by atoms with Gasteiger partial charge in [-0.25, -0.2) is 12.7 Å². The lowest BCUT2D eigenvalue weighted by atomic mass is 10.2. The zero-order valence-electron chi connectivity index (χ0n) is 9.98. The topological polar surface area (TPSA) is 22.0 Å². The van der Waals surface area contributed by atoms with Gasteiger partial charge in [0.25, 0.3) is 5.56 Å². The average Bonchev–Trinajstić information content (AvgIpc) is 2.69. The number of hydrogen-bond acceptors (Lipinski definition) is 2. The van der Waals surface area contributed by atoms with Gasteiger partial charge in [-0.2, -0.15) is 0 Å². The van der Waals surface area contributed by atoms with Crippen molar-refractivity contribution < 1.29 is 8.78 Å². The van der Waals surface area contributed by atoms with Gasteiger partial charge >= 0.3 is 0 Å². The van der Waals surface area contributed by atoms with Crippen LogP contribution in [0.3, 0.4) is 0 Å². The minimum absolute atomic E-state index is 0.199. The Bertz CT molecular complexity index is 818. The molecule has 2 aromatic carbocycles. The summed E-state index contributed by atoms with van der Waals surface area (Å²) in [5, 5.41) is 0.199. The van der Waals surface area contributed by atoms with E-state index < -0.39 is 11.6 Å². The molecule has 3 aromatic rings. The Balaban J connectivity index is 2.28. The van der Waals surface area contributed by atoms with E-state index in [1.807, 2.05) is 19.1 Å². The van der Waals surface area contributed by atoms with E-state index in [4.69, 9.17) is 0 Å². The molecule has 0 bridgehead atoms. The SMILES string of the molecule is Cc1ccc(-n2sc3cc(F)c(F)cc3c2=O)cc1. The Labute approximate surface area is 111 Å². The van der Waals surface area contributed by atoms with Crippen molar-refractivity contribution in [3.63, 3.8) is 0 Å². The Morgan fingerprint density at radius 2 is 1.68 bits per heavy atom. The monoisotopic (exact) mass is 277 g/mol. The number of aromatic nitrogens is 1. The summed E-state index contributed by atoms with van der Waals surface area (Å²) in [6.07, 6.45) is 0. The van der Waals surface area contributed by atoms with Crippen molar-refractivity contribution in [2.24, 2.45) is 0 Å². The van der Waals surface area contributed by atoms with E-state index in [1.165, 1.54) is 3.96 Å². The molecule has 0 atom stereocenters. The molecule has 0 N–H and O–H groups in total. The van der Waals surface area contributed by atoms with Crippen LogP contribution in [0.1, 0.15) is 5.56 Å². The van der Waals surface area contributed by atoms with Gasteiger partial charge in [0.2, 0.25) is 0 Å². The van der Waals surface area contributed by atoms with Crippen molar-refractivity contribution in [3.8, 4) is 5.69 Å². The number of aryl methyl sites for hydroxylation is 1. The summed E-state index contributed by atoms with van der Waals surface area (Å²) < 4.78 is 28.2. The highest BCUT2D eigenvalue weighted by Gasteiger charge is 2.13. The minimum Gasteiger partial charge on any atom is -0.267 e. The van der Waals surface area contributed by atoms with Gasteiger partial charge in [-0.1, -0.05) is 29.2 Å². The van der Waals surface area contributed by atoms with Gasteiger partial charge in [0.15, 0.2) is 11.6 Å². The summed E-state index contributed by atoms with van der Waals surface area (Å²) in [5.74, 6) is -1.94. The molecule has 0 saturated carbocycles. The molecule has 96 valence electrons. The predicted molar refractivity (Wildman–Crippen MR) is 72.1 cm³/mol. The molecule has 0 amide bonds. The summed E-state index contributed by atoms with van der Waals surface area (Å²) in [5.41, 5.74) is 1.44. The number of halogens is 2. The fourth-order valence-corrected chi connectivity index (χ4v) is 2.88. The first-order valence-corrected chi connectivity index (χ1v) is 6.42. The highest BCUT2D eigenvalue weighted by Crippen LogP contribution is 2.23. The van der Waals surface area contributed by atoms with Gasteiger partial charge in [-0.15, -0.1) is 0 Å². The van der Waals surface area contributed by atoms with E-state index >= 15 is 0 Å². The Morgan fingerprint density at radius 1 is 1.05 bits per heavy atom. The van der Waals surface area contributed by atoms with Crippen LogP contribution in [0.4, 0.5) is 8.78 Å². The zero-order chi connectivity index (χ0) is 13.6. The molecule has 0 aliphatic carbocycles. The van der Waals surface area contributed by atoms with Crippen molar-refractivity contribution in [2.75, 3.05) is 0 Å². The molecule has 1 aromatic heterocycles. The van der Waals surface area contributed by atoms with E-state index in [0.717, 1.165) is 29.2 Å². The molecule has 1 heterocycles. The third kappa shape index (κ3) is 1.96. The van der Waals surface area contributed by atoms with Gasteiger partial charge in [0, 0.05) is 0 Å². The van der Waals surface area contributed by atoms with Crippen LogP contribution < -0.4 is 5.56 Å². The molecule has 19 heavy (non-hydrogen) atoms. The number of rotatable bonds is 1. The quantitative estimate of drug-likeness (QED) is 0.665. The molecule has 3 rings (SSSR count). The number of fused-ring (bicyclic) bond motifs is 1. The van der Waals surface area contributed by atoms with Gasteiger partial charge in [-0.3, -0.25) is 4.79 Å². The van der Waals surface area contributed by atoms with Crippen molar-refractivity contribution in [2.45, 2.75) is 6.92 Å². The van der Waals surface area contributed by atoms with Crippen LogP contribution in [0.15, 0.2) is 41.2 Å². The van der Waals surface area contributed by atoms with Crippen molar-refractivity contribution in [1.82, 2.24) is 3.96 Å². The average molecular weight is 277 g/mol. The number of hydrogen-bond donors (Lipinski definition) is 0. The highest BCUT2D eigenvalue weighted by molar-refractivity contribution is 7.14. The fourth-order valence-electron chi connectivity index (χ4n) is 1.87. The van der Waals surface area contributed by atoms with Crippen LogP contribution >= 0.6 is 11.5 Å². The van der Waals surface area contributed by atoms with Gasteiger partial charge in [0.05, 0.1) is 15.8 Å². The first-order valence-electron chi connectivity index (χ1n) is 5.64. The molecule has 0 unspecified atom stereocenters. The predicted octanol–water partition coefficient (Wildman–Crippen LogP) is 3.64. The Morgan fingerprint density at radius 3 is 2.37 bits per heavy atom. The van der Waals surface area contributed by atoms with Gasteiger partial charge in [0.1, 0.15) is 0 Å². The van der Waals surface area contributed by atoms with E-state index in [-0.39, 0.29) is 10.9 Å². The standard InChI is InChI=1S/C14H9F2NOS/c1-8-2-4-9(5-3-8)17-14(18)10-6-11(15)12(16)7-13(10)19-17/h2-7H,1H3. The zero-order valence-corrected chi connectivity index (χ0v) is 10.8. The third-order valence-electron chi connectivity index (χ3n) is 2.90.